The molecule has 0 aromatic heterocycles. The molecule has 1 unspecified atom stereocenters. The van der Waals surface area contributed by atoms with Gasteiger partial charge in [-0.2, -0.15) is 0 Å². The number of hydrogen-bond donors (Lipinski definition) is 0. The molecule has 0 N–H and O–H groups in total. The fraction of sp³-hybridized carbons (Fsp3) is 0.250. The van der Waals surface area contributed by atoms with Gasteiger partial charge in [0.1, 0.15) is 19.0 Å². The zero-order chi connectivity index (χ0) is 15.0. The Hall–Kier alpha value is -1.45. The molecule has 0 saturated carbocycles. The summed E-state index contributed by atoms with van der Waals surface area (Å²) < 4.78 is 25.0. The number of benzene rings is 2. The summed E-state index contributed by atoms with van der Waals surface area (Å²) in [4.78, 5) is 0. The molecule has 0 spiro atoms. The van der Waals surface area contributed by atoms with Crippen LogP contribution in [0.15, 0.2) is 30.3 Å². The van der Waals surface area contributed by atoms with Crippen LogP contribution >= 0.6 is 23.2 Å². The molecule has 110 valence electrons. The lowest BCUT2D eigenvalue weighted by Gasteiger charge is -2.21. The third-order valence-corrected chi connectivity index (χ3v) is 4.16. The SMILES string of the molecule is Cc1ccc(C(Cl)c2cc3c(cc2Cl)OCCO3)c(F)c1. The standard InChI is InChI=1S/C16H13Cl2FO2/c1-9-2-3-10(13(19)6-9)16(18)11-7-14-15(8-12(11)17)21-5-4-20-14/h2-3,6-8,16H,4-5H2,1H3. The van der Waals surface area contributed by atoms with Crippen LogP contribution in [-0.2, 0) is 0 Å². The van der Waals surface area contributed by atoms with Gasteiger partial charge in [-0.3, -0.25) is 0 Å². The number of aryl methyl sites for hydroxylation is 1. The number of alkyl halides is 1. The van der Waals surface area contributed by atoms with E-state index in [0.717, 1.165) is 5.56 Å². The van der Waals surface area contributed by atoms with E-state index >= 15 is 0 Å². The third kappa shape index (κ3) is 2.81. The molecule has 2 aromatic carbocycles. The monoisotopic (exact) mass is 326 g/mol. The summed E-state index contributed by atoms with van der Waals surface area (Å²) in [5.74, 6) is 0.822. The van der Waals surface area contributed by atoms with Gasteiger partial charge in [0.25, 0.3) is 0 Å². The third-order valence-electron chi connectivity index (χ3n) is 3.36. The van der Waals surface area contributed by atoms with Gasteiger partial charge in [-0.25, -0.2) is 4.39 Å². The van der Waals surface area contributed by atoms with Crippen molar-refractivity contribution in [3.8, 4) is 11.5 Å². The Balaban J connectivity index is 2.03. The van der Waals surface area contributed by atoms with Gasteiger partial charge in [0.2, 0.25) is 0 Å². The second kappa shape index (κ2) is 5.74. The Morgan fingerprint density at radius 1 is 1.05 bits per heavy atom. The summed E-state index contributed by atoms with van der Waals surface area (Å²) in [6, 6.07) is 8.33. The van der Waals surface area contributed by atoms with Crippen molar-refractivity contribution in [2.24, 2.45) is 0 Å². The van der Waals surface area contributed by atoms with Crippen molar-refractivity contribution in [1.29, 1.82) is 0 Å². The maximum atomic E-state index is 14.1. The number of halogens is 3. The van der Waals surface area contributed by atoms with Crippen LogP contribution in [0.2, 0.25) is 5.02 Å². The topological polar surface area (TPSA) is 18.5 Å². The summed E-state index contributed by atoms with van der Waals surface area (Å²) in [5.41, 5.74) is 1.83. The van der Waals surface area contributed by atoms with Crippen LogP contribution in [0, 0.1) is 12.7 Å². The second-order valence-electron chi connectivity index (χ2n) is 4.90. The average Bonchev–Trinajstić information content (AvgIpc) is 2.46. The average molecular weight is 327 g/mol. The molecular formula is C16H13Cl2FO2. The van der Waals surface area contributed by atoms with Gasteiger partial charge in [-0.1, -0.05) is 23.7 Å². The number of fused-ring (bicyclic) bond motifs is 1. The zero-order valence-electron chi connectivity index (χ0n) is 11.3. The van der Waals surface area contributed by atoms with E-state index in [4.69, 9.17) is 32.7 Å². The summed E-state index contributed by atoms with van der Waals surface area (Å²) in [6.07, 6.45) is 0. The molecule has 0 radical (unpaired) electrons. The molecular weight excluding hydrogens is 314 g/mol. The van der Waals surface area contributed by atoms with E-state index in [1.807, 2.05) is 13.0 Å². The first-order valence-electron chi connectivity index (χ1n) is 6.55. The number of rotatable bonds is 2. The molecule has 5 heteroatoms. The predicted molar refractivity (Wildman–Crippen MR) is 81.3 cm³/mol. The van der Waals surface area contributed by atoms with Crippen LogP contribution in [0.5, 0.6) is 11.5 Å². The highest BCUT2D eigenvalue weighted by Gasteiger charge is 2.22. The maximum absolute atomic E-state index is 14.1. The fourth-order valence-corrected chi connectivity index (χ4v) is 2.96. The van der Waals surface area contributed by atoms with Crippen molar-refractivity contribution < 1.29 is 13.9 Å². The molecule has 2 nitrogen and oxygen atoms in total. The molecule has 21 heavy (non-hydrogen) atoms. The van der Waals surface area contributed by atoms with Gasteiger partial charge < -0.3 is 9.47 Å². The summed E-state index contributed by atoms with van der Waals surface area (Å²) in [6.45, 7) is 2.78. The van der Waals surface area contributed by atoms with Crippen LogP contribution in [0.4, 0.5) is 4.39 Å². The molecule has 0 saturated heterocycles. The lowest BCUT2D eigenvalue weighted by molar-refractivity contribution is 0.171. The summed E-state index contributed by atoms with van der Waals surface area (Å²) in [7, 11) is 0. The molecule has 0 amide bonds. The van der Waals surface area contributed by atoms with Crippen LogP contribution in [0.25, 0.3) is 0 Å². The lowest BCUT2D eigenvalue weighted by atomic mass is 10.0. The van der Waals surface area contributed by atoms with E-state index in [1.54, 1.807) is 18.2 Å². The Morgan fingerprint density at radius 2 is 1.71 bits per heavy atom. The molecule has 1 heterocycles. The van der Waals surface area contributed by atoms with Gasteiger partial charge in [0.05, 0.1) is 5.38 Å². The van der Waals surface area contributed by atoms with Crippen molar-refractivity contribution in [3.63, 3.8) is 0 Å². The van der Waals surface area contributed by atoms with Crippen LogP contribution in [0.1, 0.15) is 22.1 Å². The highest BCUT2D eigenvalue weighted by Crippen LogP contribution is 2.42. The maximum Gasteiger partial charge on any atom is 0.162 e. The normalized spacial score (nSPS) is 14.9. The van der Waals surface area contributed by atoms with Gasteiger partial charge in [-0.05, 0) is 30.2 Å². The van der Waals surface area contributed by atoms with E-state index in [9.17, 15) is 4.39 Å². The summed E-state index contributed by atoms with van der Waals surface area (Å²) >= 11 is 12.7. The Morgan fingerprint density at radius 3 is 2.38 bits per heavy atom. The quantitative estimate of drug-likeness (QED) is 0.732. The molecule has 1 aliphatic rings. The lowest BCUT2D eigenvalue weighted by Crippen LogP contribution is -2.15. The highest BCUT2D eigenvalue weighted by atomic mass is 35.5. The molecule has 0 aliphatic carbocycles. The first kappa shape index (κ1) is 14.5. The van der Waals surface area contributed by atoms with Gasteiger partial charge in [0.15, 0.2) is 11.5 Å². The molecule has 2 aromatic rings. The second-order valence-corrected chi connectivity index (χ2v) is 5.75. The summed E-state index contributed by atoms with van der Waals surface area (Å²) in [5, 5.41) is -0.256. The predicted octanol–water partition coefficient (Wildman–Crippen LogP) is 4.89. The molecule has 1 atom stereocenters. The number of ether oxygens (including phenoxy) is 2. The van der Waals surface area contributed by atoms with Crippen molar-refractivity contribution in [1.82, 2.24) is 0 Å². The first-order valence-corrected chi connectivity index (χ1v) is 7.37. The minimum atomic E-state index is -0.686. The molecule has 0 bridgehead atoms. The van der Waals surface area contributed by atoms with Crippen molar-refractivity contribution in [3.05, 3.63) is 57.9 Å². The van der Waals surface area contributed by atoms with E-state index in [0.29, 0.717) is 40.9 Å². The van der Waals surface area contributed by atoms with E-state index in [1.165, 1.54) is 6.07 Å². The van der Waals surface area contributed by atoms with Gasteiger partial charge in [0, 0.05) is 16.7 Å². The Kier molecular flexibility index (Phi) is 3.96. The van der Waals surface area contributed by atoms with E-state index in [2.05, 4.69) is 0 Å². The largest absolute Gasteiger partial charge is 0.486 e. The van der Waals surface area contributed by atoms with E-state index in [-0.39, 0.29) is 5.82 Å². The Labute approximate surface area is 132 Å². The van der Waals surface area contributed by atoms with Crippen LogP contribution < -0.4 is 9.47 Å². The van der Waals surface area contributed by atoms with Crippen LogP contribution in [0.3, 0.4) is 0 Å². The minimum absolute atomic E-state index is 0.346. The molecule has 0 fully saturated rings. The highest BCUT2D eigenvalue weighted by molar-refractivity contribution is 6.33. The van der Waals surface area contributed by atoms with Gasteiger partial charge in [-0.15, -0.1) is 11.6 Å². The Bertz CT molecular complexity index is 688. The molecule has 1 aliphatic heterocycles. The zero-order valence-corrected chi connectivity index (χ0v) is 12.8. The smallest absolute Gasteiger partial charge is 0.162 e. The molecule has 3 rings (SSSR count). The van der Waals surface area contributed by atoms with Crippen molar-refractivity contribution >= 4 is 23.2 Å². The van der Waals surface area contributed by atoms with E-state index < -0.39 is 5.38 Å². The minimum Gasteiger partial charge on any atom is -0.486 e. The number of hydrogen-bond acceptors (Lipinski definition) is 2. The first-order chi connectivity index (χ1) is 10.1. The van der Waals surface area contributed by atoms with Crippen molar-refractivity contribution in [2.45, 2.75) is 12.3 Å². The fourth-order valence-electron chi connectivity index (χ4n) is 2.28. The van der Waals surface area contributed by atoms with Crippen LogP contribution in [-0.4, -0.2) is 13.2 Å². The van der Waals surface area contributed by atoms with Gasteiger partial charge >= 0.3 is 0 Å². The van der Waals surface area contributed by atoms with Crippen molar-refractivity contribution in [2.75, 3.05) is 13.2 Å².